The van der Waals surface area contributed by atoms with Gasteiger partial charge in [-0.1, -0.05) is 66.2 Å². The van der Waals surface area contributed by atoms with Crippen LogP contribution in [0.1, 0.15) is 103 Å². The smallest absolute Gasteiger partial charge is 0.207 e. The largest absolute Gasteiger partial charge is 0.221 e. The molecular formula is C31H39FN+. The van der Waals surface area contributed by atoms with Crippen LogP contribution in [-0.2, 0) is 22.8 Å². The van der Waals surface area contributed by atoms with Crippen LogP contribution >= 0.6 is 0 Å². The summed E-state index contributed by atoms with van der Waals surface area (Å²) in [5.74, 6) is -0.0640. The predicted molar refractivity (Wildman–Crippen MR) is 136 cm³/mol. The molecule has 2 heteroatoms. The highest BCUT2D eigenvalue weighted by atomic mass is 19.1. The van der Waals surface area contributed by atoms with Crippen LogP contribution in [0, 0.1) is 5.82 Å². The normalized spacial score (nSPS) is 21.5. The van der Waals surface area contributed by atoms with E-state index < -0.39 is 0 Å². The van der Waals surface area contributed by atoms with Crippen LogP contribution in [0.3, 0.4) is 0 Å². The molecule has 5 rings (SSSR count). The Labute approximate surface area is 199 Å². The number of hydrogen-bond donors (Lipinski definition) is 0. The second kappa shape index (κ2) is 7.39. The highest BCUT2D eigenvalue weighted by molar-refractivity contribution is 6.01. The first kappa shape index (κ1) is 22.6. The highest BCUT2D eigenvalue weighted by Crippen LogP contribution is 2.58. The number of halogens is 1. The first-order valence-electron chi connectivity index (χ1n) is 13.1. The van der Waals surface area contributed by atoms with Crippen molar-refractivity contribution in [3.63, 3.8) is 0 Å². The number of nitrogens with zero attached hydrogens (tertiary/aromatic N) is 1. The van der Waals surface area contributed by atoms with Crippen molar-refractivity contribution in [1.82, 2.24) is 0 Å². The molecule has 0 saturated heterocycles. The molecule has 1 unspecified atom stereocenters. The van der Waals surface area contributed by atoms with Gasteiger partial charge in [-0.15, -0.1) is 0 Å². The number of pyridine rings is 1. The van der Waals surface area contributed by atoms with Crippen LogP contribution < -0.4 is 4.57 Å². The van der Waals surface area contributed by atoms with Gasteiger partial charge < -0.3 is 0 Å². The van der Waals surface area contributed by atoms with Gasteiger partial charge in [0.2, 0.25) is 5.69 Å². The zero-order valence-corrected chi connectivity index (χ0v) is 21.5. The number of aryl methyl sites for hydroxylation is 1. The second-order valence-corrected chi connectivity index (χ2v) is 11.1. The van der Waals surface area contributed by atoms with E-state index >= 15 is 4.39 Å². The van der Waals surface area contributed by atoms with Gasteiger partial charge >= 0.3 is 0 Å². The Balaban J connectivity index is 2.01. The minimum atomic E-state index is -0.380. The van der Waals surface area contributed by atoms with Crippen LogP contribution in [0.5, 0.6) is 0 Å². The Morgan fingerprint density at radius 3 is 2.24 bits per heavy atom. The zero-order chi connectivity index (χ0) is 23.8. The molecule has 1 atom stereocenters. The van der Waals surface area contributed by atoms with E-state index in [1.807, 2.05) is 0 Å². The lowest BCUT2D eigenvalue weighted by Gasteiger charge is -2.50. The van der Waals surface area contributed by atoms with Crippen molar-refractivity contribution < 1.29 is 8.96 Å². The third-order valence-corrected chi connectivity index (χ3v) is 9.58. The second-order valence-electron chi connectivity index (χ2n) is 11.1. The maximum absolute atomic E-state index is 15.8. The predicted octanol–water partition coefficient (Wildman–Crippen LogP) is 8.11. The van der Waals surface area contributed by atoms with Gasteiger partial charge in [-0.25, -0.2) is 4.39 Å². The van der Waals surface area contributed by atoms with E-state index in [9.17, 15) is 0 Å². The minimum Gasteiger partial charge on any atom is -0.207 e. The summed E-state index contributed by atoms with van der Waals surface area (Å²) in [5.41, 5.74) is 6.85. The fraction of sp³-hybridized carbons (Fsp3) is 0.516. The Bertz CT molecular complexity index is 1260. The summed E-state index contributed by atoms with van der Waals surface area (Å²) >= 11 is 0. The monoisotopic (exact) mass is 444 g/mol. The quantitative estimate of drug-likeness (QED) is 0.338. The number of unbranched alkanes of at least 4 members (excludes halogenated alkanes) is 1. The van der Waals surface area contributed by atoms with Crippen LogP contribution in [0.25, 0.3) is 22.0 Å². The molecule has 0 spiro atoms. The summed E-state index contributed by atoms with van der Waals surface area (Å²) in [5, 5.41) is 2.64. The Morgan fingerprint density at radius 2 is 1.61 bits per heavy atom. The van der Waals surface area contributed by atoms with E-state index in [1.54, 1.807) is 6.07 Å². The van der Waals surface area contributed by atoms with Gasteiger partial charge in [0.15, 0.2) is 11.7 Å². The van der Waals surface area contributed by atoms with Crippen LogP contribution in [0.2, 0.25) is 0 Å². The Kier molecular flexibility index (Phi) is 5.05. The lowest BCUT2D eigenvalue weighted by Crippen LogP contribution is -2.69. The highest BCUT2D eigenvalue weighted by Gasteiger charge is 2.60. The van der Waals surface area contributed by atoms with Crippen molar-refractivity contribution in [2.24, 2.45) is 0 Å². The summed E-state index contributed by atoms with van der Waals surface area (Å²) in [7, 11) is 0. The third kappa shape index (κ3) is 2.61. The molecule has 2 aliphatic rings. The van der Waals surface area contributed by atoms with Crippen molar-refractivity contribution in [1.29, 1.82) is 0 Å². The summed E-state index contributed by atoms with van der Waals surface area (Å²) in [6.45, 7) is 16.1. The van der Waals surface area contributed by atoms with Gasteiger partial charge in [0, 0.05) is 29.9 Å². The molecule has 1 aliphatic heterocycles. The molecule has 0 amide bonds. The van der Waals surface area contributed by atoms with Crippen molar-refractivity contribution in [2.75, 3.05) is 0 Å². The van der Waals surface area contributed by atoms with Crippen molar-refractivity contribution in [3.8, 4) is 11.3 Å². The molecule has 1 aliphatic carbocycles. The van der Waals surface area contributed by atoms with Gasteiger partial charge in [-0.3, -0.25) is 0 Å². The summed E-state index contributed by atoms with van der Waals surface area (Å²) < 4.78 is 18.3. The van der Waals surface area contributed by atoms with Gasteiger partial charge in [0.1, 0.15) is 5.82 Å². The first-order chi connectivity index (χ1) is 15.7. The molecule has 3 aromatic rings. The lowest BCUT2D eigenvalue weighted by atomic mass is 9.55. The van der Waals surface area contributed by atoms with Crippen molar-refractivity contribution in [3.05, 3.63) is 64.6 Å². The van der Waals surface area contributed by atoms with Crippen molar-refractivity contribution in [2.45, 2.75) is 103 Å². The molecule has 2 heterocycles. The topological polar surface area (TPSA) is 3.88 Å². The molecule has 1 aromatic heterocycles. The van der Waals surface area contributed by atoms with Crippen LogP contribution in [0.4, 0.5) is 4.39 Å². The third-order valence-electron chi connectivity index (χ3n) is 9.58. The number of aromatic nitrogens is 1. The number of hydrogen-bond acceptors (Lipinski definition) is 0. The maximum atomic E-state index is 15.8. The standard InChI is InChI=1S/C31H39FN/c1-8-12-13-20-18-21-16-17-33-28-25(21)23(19-20)29(5,6)27-24(32)15-14-22(26(27)28)30(7,9-2)31(33,10-3)11-4/h14-19H,8-13H2,1-7H3/q+1. The Morgan fingerprint density at radius 1 is 0.879 bits per heavy atom. The van der Waals surface area contributed by atoms with E-state index in [2.05, 4.69) is 83.5 Å². The summed E-state index contributed by atoms with van der Waals surface area (Å²) in [6.07, 6.45) is 8.90. The molecule has 1 nitrogen and oxygen atoms in total. The van der Waals surface area contributed by atoms with Crippen LogP contribution in [0.15, 0.2) is 36.5 Å². The van der Waals surface area contributed by atoms with Gasteiger partial charge in [-0.05, 0) is 54.3 Å². The summed E-state index contributed by atoms with van der Waals surface area (Å²) in [4.78, 5) is 0. The molecule has 33 heavy (non-hydrogen) atoms. The molecular weight excluding hydrogens is 405 g/mol. The van der Waals surface area contributed by atoms with E-state index in [0.29, 0.717) is 0 Å². The Hall–Kier alpha value is -2.22. The fourth-order valence-electron chi connectivity index (χ4n) is 7.53. The van der Waals surface area contributed by atoms with Gasteiger partial charge in [0.05, 0.1) is 16.4 Å². The average Bonchev–Trinajstić information content (AvgIpc) is 2.81. The summed E-state index contributed by atoms with van der Waals surface area (Å²) in [6, 6.07) is 11.0. The molecule has 0 fully saturated rings. The van der Waals surface area contributed by atoms with E-state index in [1.165, 1.54) is 51.6 Å². The SMILES string of the molecule is CCCCc1cc2c3c4[n+](ccc3c1)C(CC)(CC)C(C)(CC)c1ccc(F)c(c1-4)C2(C)C. The molecule has 0 saturated carbocycles. The van der Waals surface area contributed by atoms with Gasteiger partial charge in [-0.2, -0.15) is 4.57 Å². The zero-order valence-electron chi connectivity index (χ0n) is 21.5. The molecule has 0 N–H and O–H groups in total. The number of benzene rings is 2. The number of rotatable bonds is 6. The molecule has 0 bridgehead atoms. The maximum Gasteiger partial charge on any atom is 0.221 e. The van der Waals surface area contributed by atoms with Gasteiger partial charge in [0.25, 0.3) is 0 Å². The van der Waals surface area contributed by atoms with Crippen molar-refractivity contribution >= 4 is 10.8 Å². The van der Waals surface area contributed by atoms with E-state index in [0.717, 1.165) is 31.2 Å². The fourth-order valence-corrected chi connectivity index (χ4v) is 7.53. The molecule has 174 valence electrons. The van der Waals surface area contributed by atoms with Crippen LogP contribution in [-0.4, -0.2) is 0 Å². The minimum absolute atomic E-state index is 0.0347. The molecule has 2 aromatic carbocycles. The first-order valence-corrected chi connectivity index (χ1v) is 13.1. The van der Waals surface area contributed by atoms with E-state index in [4.69, 9.17) is 0 Å². The van der Waals surface area contributed by atoms with E-state index in [-0.39, 0.29) is 22.2 Å². The average molecular weight is 445 g/mol. The molecule has 0 radical (unpaired) electrons. The lowest BCUT2D eigenvalue weighted by molar-refractivity contribution is -0.768.